The van der Waals surface area contributed by atoms with E-state index in [-0.39, 0.29) is 6.42 Å². The number of nitrogens with zero attached hydrogens (tertiary/aromatic N) is 2. The van der Waals surface area contributed by atoms with Crippen molar-refractivity contribution in [1.82, 2.24) is 10.3 Å². The van der Waals surface area contributed by atoms with E-state index in [4.69, 9.17) is 9.84 Å². The van der Waals surface area contributed by atoms with Gasteiger partial charge >= 0.3 is 12.0 Å². The second-order valence-electron chi connectivity index (χ2n) is 5.00. The van der Waals surface area contributed by atoms with Crippen molar-refractivity contribution < 1.29 is 19.4 Å². The average Bonchev–Trinajstić information content (AvgIpc) is 2.54. The average molecular weight is 387 g/mol. The number of halogens is 1. The van der Waals surface area contributed by atoms with Crippen LogP contribution >= 0.6 is 15.9 Å². The van der Waals surface area contributed by atoms with E-state index in [0.29, 0.717) is 32.0 Å². The second kappa shape index (κ2) is 8.68. The zero-order valence-corrected chi connectivity index (χ0v) is 14.1. The Morgan fingerprint density at radius 1 is 1.39 bits per heavy atom. The van der Waals surface area contributed by atoms with Gasteiger partial charge in [-0.05, 0) is 22.4 Å². The van der Waals surface area contributed by atoms with Crippen LogP contribution in [0.25, 0.3) is 0 Å². The van der Waals surface area contributed by atoms with Crippen molar-refractivity contribution in [3.05, 3.63) is 16.7 Å². The second-order valence-corrected chi connectivity index (χ2v) is 5.85. The van der Waals surface area contributed by atoms with Crippen molar-refractivity contribution in [2.45, 2.75) is 12.8 Å². The lowest BCUT2D eigenvalue weighted by Gasteiger charge is -2.29. The first-order chi connectivity index (χ1) is 11.1. The van der Waals surface area contributed by atoms with Crippen LogP contribution in [0.1, 0.15) is 12.8 Å². The van der Waals surface area contributed by atoms with Crippen LogP contribution in [0.4, 0.5) is 16.3 Å². The van der Waals surface area contributed by atoms with Crippen molar-refractivity contribution in [3.63, 3.8) is 0 Å². The zero-order chi connectivity index (χ0) is 16.7. The minimum atomic E-state index is -0.878. The molecule has 1 aromatic heterocycles. The van der Waals surface area contributed by atoms with Gasteiger partial charge in [0.2, 0.25) is 0 Å². The smallest absolute Gasteiger partial charge is 0.320 e. The van der Waals surface area contributed by atoms with E-state index < -0.39 is 12.0 Å². The van der Waals surface area contributed by atoms with Crippen LogP contribution in [0.2, 0.25) is 0 Å². The van der Waals surface area contributed by atoms with Crippen LogP contribution in [0.5, 0.6) is 0 Å². The molecule has 126 valence electrons. The Morgan fingerprint density at radius 3 is 2.83 bits per heavy atom. The minimum absolute atomic E-state index is 0.0258. The summed E-state index contributed by atoms with van der Waals surface area (Å²) < 4.78 is 6.19. The predicted octanol–water partition coefficient (Wildman–Crippen LogP) is 1.67. The highest BCUT2D eigenvalue weighted by atomic mass is 79.9. The Bertz CT molecular complexity index is 564. The number of pyridine rings is 1. The van der Waals surface area contributed by atoms with Crippen LogP contribution in [-0.2, 0) is 9.53 Å². The van der Waals surface area contributed by atoms with Gasteiger partial charge in [0.05, 0.1) is 23.4 Å². The maximum absolute atomic E-state index is 11.8. The summed E-state index contributed by atoms with van der Waals surface area (Å²) in [6.45, 7) is 3.20. The maximum Gasteiger partial charge on any atom is 0.320 e. The molecule has 1 saturated heterocycles. The summed E-state index contributed by atoms with van der Waals surface area (Å²) in [5.41, 5.74) is 0.949. The van der Waals surface area contributed by atoms with Crippen molar-refractivity contribution in [2.75, 3.05) is 43.1 Å². The van der Waals surface area contributed by atoms with Gasteiger partial charge in [-0.2, -0.15) is 0 Å². The molecule has 0 bridgehead atoms. The van der Waals surface area contributed by atoms with E-state index >= 15 is 0 Å². The first kappa shape index (κ1) is 17.5. The lowest BCUT2D eigenvalue weighted by atomic mass is 10.3. The quantitative estimate of drug-likeness (QED) is 0.642. The largest absolute Gasteiger partial charge is 0.481 e. The summed E-state index contributed by atoms with van der Waals surface area (Å²) in [5, 5.41) is 13.8. The van der Waals surface area contributed by atoms with Gasteiger partial charge in [0, 0.05) is 38.3 Å². The molecule has 23 heavy (non-hydrogen) atoms. The zero-order valence-electron chi connectivity index (χ0n) is 12.5. The van der Waals surface area contributed by atoms with E-state index in [1.54, 1.807) is 12.3 Å². The van der Waals surface area contributed by atoms with Crippen molar-refractivity contribution in [2.24, 2.45) is 0 Å². The SMILES string of the molecule is O=C(O)CCCNC(=O)Nc1cc(N2CCOCC2)c(Br)cn1. The molecule has 9 heteroatoms. The molecule has 2 rings (SSSR count). The molecule has 0 unspecified atom stereocenters. The van der Waals surface area contributed by atoms with Gasteiger partial charge in [-0.3, -0.25) is 10.1 Å². The molecular formula is C14H19BrN4O4. The van der Waals surface area contributed by atoms with Gasteiger partial charge in [-0.15, -0.1) is 0 Å². The fourth-order valence-electron chi connectivity index (χ4n) is 2.15. The summed E-state index contributed by atoms with van der Waals surface area (Å²) in [5.74, 6) is -0.442. The number of hydrogen-bond acceptors (Lipinski definition) is 5. The van der Waals surface area contributed by atoms with Crippen LogP contribution in [0.15, 0.2) is 16.7 Å². The molecule has 2 amide bonds. The number of aromatic nitrogens is 1. The Morgan fingerprint density at radius 2 is 2.13 bits per heavy atom. The van der Waals surface area contributed by atoms with Gasteiger partial charge in [-0.1, -0.05) is 0 Å². The molecule has 8 nitrogen and oxygen atoms in total. The summed E-state index contributed by atoms with van der Waals surface area (Å²) in [6, 6.07) is 1.39. The number of carboxylic acid groups (broad SMARTS) is 1. The van der Waals surface area contributed by atoms with E-state index in [1.165, 1.54) is 0 Å². The number of aliphatic carboxylic acids is 1. The molecule has 1 aliphatic rings. The molecule has 0 aromatic carbocycles. The number of carboxylic acids is 1. The number of morpholine rings is 1. The summed E-state index contributed by atoms with van der Waals surface area (Å²) >= 11 is 3.47. The third-order valence-corrected chi connectivity index (χ3v) is 3.89. The maximum atomic E-state index is 11.8. The number of carbonyl (C=O) groups excluding carboxylic acids is 1. The Balaban J connectivity index is 1.89. The first-order valence-electron chi connectivity index (χ1n) is 7.31. The lowest BCUT2D eigenvalue weighted by molar-refractivity contribution is -0.137. The van der Waals surface area contributed by atoms with Crippen LogP contribution in [0.3, 0.4) is 0 Å². The number of carbonyl (C=O) groups is 2. The Labute approximate surface area is 142 Å². The number of hydrogen-bond donors (Lipinski definition) is 3. The summed E-state index contributed by atoms with van der Waals surface area (Å²) in [6.07, 6.45) is 2.05. The van der Waals surface area contributed by atoms with Crippen molar-refractivity contribution in [3.8, 4) is 0 Å². The van der Waals surface area contributed by atoms with Crippen LogP contribution < -0.4 is 15.5 Å². The molecule has 0 atom stereocenters. The minimum Gasteiger partial charge on any atom is -0.481 e. The van der Waals surface area contributed by atoms with E-state index in [1.807, 2.05) is 0 Å². The molecule has 0 radical (unpaired) electrons. The number of rotatable bonds is 6. The molecule has 1 aliphatic heterocycles. The van der Waals surface area contributed by atoms with E-state index in [0.717, 1.165) is 23.2 Å². The monoisotopic (exact) mass is 386 g/mol. The Kier molecular flexibility index (Phi) is 6.60. The van der Waals surface area contributed by atoms with Crippen LogP contribution in [0, 0.1) is 0 Å². The summed E-state index contributed by atoms with van der Waals surface area (Å²) in [4.78, 5) is 28.5. The molecule has 3 N–H and O–H groups in total. The molecular weight excluding hydrogens is 368 g/mol. The van der Waals surface area contributed by atoms with Gasteiger partial charge in [0.15, 0.2) is 0 Å². The summed E-state index contributed by atoms with van der Waals surface area (Å²) in [7, 11) is 0. The number of amides is 2. The van der Waals surface area contributed by atoms with Gasteiger partial charge in [0.25, 0.3) is 0 Å². The molecule has 2 heterocycles. The van der Waals surface area contributed by atoms with Gasteiger partial charge in [0.1, 0.15) is 5.82 Å². The van der Waals surface area contributed by atoms with Gasteiger partial charge < -0.3 is 20.1 Å². The number of ether oxygens (including phenoxy) is 1. The third kappa shape index (κ3) is 5.68. The fourth-order valence-corrected chi connectivity index (χ4v) is 2.61. The highest BCUT2D eigenvalue weighted by molar-refractivity contribution is 9.10. The van der Waals surface area contributed by atoms with Crippen LogP contribution in [-0.4, -0.2) is 54.9 Å². The molecule has 0 aliphatic carbocycles. The highest BCUT2D eigenvalue weighted by Crippen LogP contribution is 2.28. The lowest BCUT2D eigenvalue weighted by Crippen LogP contribution is -2.36. The molecule has 1 aromatic rings. The number of urea groups is 1. The van der Waals surface area contributed by atoms with Gasteiger partial charge in [-0.25, -0.2) is 9.78 Å². The standard InChI is InChI=1S/C14H19BrN4O4/c15-10-9-17-12(8-11(10)19-4-6-23-7-5-19)18-14(22)16-3-1-2-13(20)21/h8-9H,1-7H2,(H,20,21)(H2,16,17,18,22). The highest BCUT2D eigenvalue weighted by Gasteiger charge is 2.15. The molecule has 1 fully saturated rings. The number of anilines is 2. The first-order valence-corrected chi connectivity index (χ1v) is 8.10. The van der Waals surface area contributed by atoms with E-state index in [2.05, 4.69) is 36.4 Å². The topological polar surface area (TPSA) is 104 Å². The normalized spacial score (nSPS) is 14.4. The third-order valence-electron chi connectivity index (χ3n) is 3.28. The fraction of sp³-hybridized carbons (Fsp3) is 0.500. The Hall–Kier alpha value is -1.87. The van der Waals surface area contributed by atoms with Crippen molar-refractivity contribution in [1.29, 1.82) is 0 Å². The van der Waals surface area contributed by atoms with E-state index in [9.17, 15) is 9.59 Å². The number of nitrogens with one attached hydrogen (secondary N) is 2. The molecule has 0 spiro atoms. The van der Waals surface area contributed by atoms with Crippen molar-refractivity contribution >= 4 is 39.4 Å². The predicted molar refractivity (Wildman–Crippen MR) is 88.9 cm³/mol. The molecule has 0 saturated carbocycles.